The molecule has 0 amide bonds. The number of allylic oxidation sites excluding steroid dienone is 14. The normalized spacial score (nSPS) is 12.7. The molecule has 6 nitrogen and oxygen atoms in total. The zero-order valence-corrected chi connectivity index (χ0v) is 44.6. The molecule has 0 aliphatic carbocycles. The zero-order chi connectivity index (χ0) is 49.3. The molecule has 0 N–H and O–H groups in total. The predicted octanol–water partition coefficient (Wildman–Crippen LogP) is 19.2. The average Bonchev–Trinajstić information content (AvgIpc) is 3.34. The van der Waals surface area contributed by atoms with Gasteiger partial charge in [0.05, 0.1) is 0 Å². The highest BCUT2D eigenvalue weighted by Gasteiger charge is 2.19. The molecule has 0 aromatic carbocycles. The second-order valence-electron chi connectivity index (χ2n) is 18.8. The molecule has 0 aromatic heterocycles. The van der Waals surface area contributed by atoms with E-state index in [0.29, 0.717) is 19.3 Å². The Kier molecular flexibility index (Phi) is 53.4. The van der Waals surface area contributed by atoms with Crippen LogP contribution in [0.5, 0.6) is 0 Å². The van der Waals surface area contributed by atoms with Gasteiger partial charge in [0.1, 0.15) is 13.2 Å². The molecule has 0 heterocycles. The monoisotopic (exact) mass is 947 g/mol. The predicted molar refractivity (Wildman–Crippen MR) is 293 cm³/mol. The number of carbonyl (C=O) groups excluding carboxylic acids is 3. The fourth-order valence-corrected chi connectivity index (χ4v) is 7.83. The summed E-state index contributed by atoms with van der Waals surface area (Å²) in [6.45, 7) is 6.45. The van der Waals surface area contributed by atoms with E-state index >= 15 is 0 Å². The van der Waals surface area contributed by atoms with Crippen molar-refractivity contribution < 1.29 is 28.6 Å². The van der Waals surface area contributed by atoms with Crippen LogP contribution in [-0.2, 0) is 28.6 Å². The van der Waals surface area contributed by atoms with E-state index in [-0.39, 0.29) is 37.5 Å². The van der Waals surface area contributed by atoms with E-state index < -0.39 is 6.10 Å². The molecule has 0 rings (SSSR count). The maximum Gasteiger partial charge on any atom is 0.306 e. The first-order valence-corrected chi connectivity index (χ1v) is 28.6. The number of hydrogen-bond donors (Lipinski definition) is 0. The zero-order valence-electron chi connectivity index (χ0n) is 44.6. The molecule has 390 valence electrons. The second-order valence-corrected chi connectivity index (χ2v) is 18.8. The van der Waals surface area contributed by atoms with Gasteiger partial charge in [-0.05, 0) is 103 Å². The molecule has 0 aromatic rings. The van der Waals surface area contributed by atoms with Crippen molar-refractivity contribution in [2.24, 2.45) is 0 Å². The van der Waals surface area contributed by atoms with Crippen LogP contribution in [0.15, 0.2) is 85.1 Å². The van der Waals surface area contributed by atoms with Crippen molar-refractivity contribution >= 4 is 17.9 Å². The van der Waals surface area contributed by atoms with Gasteiger partial charge in [-0.3, -0.25) is 14.4 Å². The van der Waals surface area contributed by atoms with Crippen molar-refractivity contribution in [1.29, 1.82) is 0 Å². The number of ether oxygens (including phenoxy) is 3. The molecule has 0 fully saturated rings. The molecular weight excluding hydrogens is 841 g/mol. The van der Waals surface area contributed by atoms with E-state index in [9.17, 15) is 14.4 Å². The minimum atomic E-state index is -0.812. The minimum Gasteiger partial charge on any atom is -0.462 e. The SMILES string of the molecule is CC/C=C\C/C=C\C/C=C\C/C=C\CCC(=O)OCC(COC(=O)CCCCCCCCCCC/C=C\C/C=C\CCCCCCC)OC(=O)CCCCCCC/C=C\CCCCCCCCC. The standard InChI is InChI=1S/C62H106O6/c1-4-7-10-13-16-19-22-25-27-29-30-31-32-33-35-37-40-43-46-49-52-55-61(64)67-58-59(57-66-60(63)54-51-48-45-42-39-36-24-21-18-15-12-9-6-3)68-62(65)56-53-50-47-44-41-38-34-28-26-23-20-17-14-11-8-5-2/h9,12,18,21-22,25,28-30,34,36,39,45,48,59H,4-8,10-11,13-17,19-20,23-24,26-27,31-33,35,37-38,40-44,46-47,49-58H2,1-3H3/b12-9-,21-18-,25-22-,30-29-,34-28-,39-36-,48-45-. The summed E-state index contributed by atoms with van der Waals surface area (Å²) in [6, 6.07) is 0. The lowest BCUT2D eigenvalue weighted by Crippen LogP contribution is -2.30. The van der Waals surface area contributed by atoms with E-state index in [4.69, 9.17) is 14.2 Å². The van der Waals surface area contributed by atoms with Gasteiger partial charge in [-0.25, -0.2) is 0 Å². The third-order valence-electron chi connectivity index (χ3n) is 12.1. The molecule has 0 spiro atoms. The molecule has 0 saturated heterocycles. The summed E-state index contributed by atoms with van der Waals surface area (Å²) in [4.78, 5) is 38.1. The first-order valence-electron chi connectivity index (χ1n) is 28.6. The van der Waals surface area contributed by atoms with Gasteiger partial charge in [-0.1, -0.05) is 234 Å². The third kappa shape index (κ3) is 53.5. The fraction of sp³-hybridized carbons (Fsp3) is 0.726. The Balaban J connectivity index is 4.42. The van der Waals surface area contributed by atoms with Crippen molar-refractivity contribution in [3.8, 4) is 0 Å². The summed E-state index contributed by atoms with van der Waals surface area (Å²) in [5.74, 6) is -0.997. The molecule has 1 unspecified atom stereocenters. The van der Waals surface area contributed by atoms with Gasteiger partial charge in [0.25, 0.3) is 0 Å². The Morgan fingerprint density at radius 3 is 1.00 bits per heavy atom. The molecule has 0 aliphatic rings. The van der Waals surface area contributed by atoms with Gasteiger partial charge in [-0.15, -0.1) is 0 Å². The van der Waals surface area contributed by atoms with Crippen molar-refractivity contribution in [1.82, 2.24) is 0 Å². The molecule has 0 radical (unpaired) electrons. The van der Waals surface area contributed by atoms with Crippen LogP contribution >= 0.6 is 0 Å². The highest BCUT2D eigenvalue weighted by Crippen LogP contribution is 2.15. The van der Waals surface area contributed by atoms with Gasteiger partial charge in [0.2, 0.25) is 0 Å². The van der Waals surface area contributed by atoms with E-state index in [0.717, 1.165) is 83.5 Å². The van der Waals surface area contributed by atoms with Crippen LogP contribution in [0.2, 0.25) is 0 Å². The smallest absolute Gasteiger partial charge is 0.306 e. The maximum absolute atomic E-state index is 12.8. The highest BCUT2D eigenvalue weighted by molar-refractivity contribution is 5.71. The molecule has 0 saturated carbocycles. The van der Waals surface area contributed by atoms with Crippen LogP contribution in [0, 0.1) is 0 Å². The topological polar surface area (TPSA) is 78.9 Å². The summed E-state index contributed by atoms with van der Waals surface area (Å²) >= 11 is 0. The van der Waals surface area contributed by atoms with Crippen LogP contribution in [0.4, 0.5) is 0 Å². The summed E-state index contributed by atoms with van der Waals surface area (Å²) in [7, 11) is 0. The van der Waals surface area contributed by atoms with Gasteiger partial charge in [0.15, 0.2) is 6.10 Å². The van der Waals surface area contributed by atoms with Gasteiger partial charge in [0, 0.05) is 19.3 Å². The molecule has 68 heavy (non-hydrogen) atoms. The number of rotatable bonds is 51. The number of hydrogen-bond acceptors (Lipinski definition) is 6. The van der Waals surface area contributed by atoms with Crippen molar-refractivity contribution in [2.45, 2.75) is 277 Å². The van der Waals surface area contributed by atoms with Crippen molar-refractivity contribution in [2.75, 3.05) is 13.2 Å². The Hall–Kier alpha value is -3.41. The molecular formula is C62H106O6. The van der Waals surface area contributed by atoms with Gasteiger partial charge >= 0.3 is 17.9 Å². The molecule has 1 atom stereocenters. The molecule has 0 bridgehead atoms. The van der Waals surface area contributed by atoms with E-state index in [1.807, 2.05) is 6.08 Å². The van der Waals surface area contributed by atoms with Crippen LogP contribution in [0.25, 0.3) is 0 Å². The Morgan fingerprint density at radius 1 is 0.309 bits per heavy atom. The highest BCUT2D eigenvalue weighted by atomic mass is 16.6. The first-order chi connectivity index (χ1) is 33.5. The first kappa shape index (κ1) is 64.6. The van der Waals surface area contributed by atoms with Crippen LogP contribution in [0.3, 0.4) is 0 Å². The Morgan fingerprint density at radius 2 is 0.603 bits per heavy atom. The summed E-state index contributed by atoms with van der Waals surface area (Å²) < 4.78 is 16.8. The fourth-order valence-electron chi connectivity index (χ4n) is 7.83. The number of carbonyl (C=O) groups is 3. The lowest BCUT2D eigenvalue weighted by molar-refractivity contribution is -0.166. The van der Waals surface area contributed by atoms with E-state index in [2.05, 4.69) is 99.8 Å². The summed E-state index contributed by atoms with van der Waals surface area (Å²) in [5.41, 5.74) is 0. The summed E-state index contributed by atoms with van der Waals surface area (Å²) in [5, 5.41) is 0. The maximum atomic E-state index is 12.8. The average molecular weight is 948 g/mol. The van der Waals surface area contributed by atoms with Crippen LogP contribution < -0.4 is 0 Å². The Bertz CT molecular complexity index is 1320. The molecule has 0 aliphatic heterocycles. The lowest BCUT2D eigenvalue weighted by Gasteiger charge is -2.18. The van der Waals surface area contributed by atoms with E-state index in [1.54, 1.807) is 0 Å². The number of unbranched alkanes of at least 4 members (excludes halogenated alkanes) is 26. The van der Waals surface area contributed by atoms with E-state index in [1.165, 1.54) is 141 Å². The van der Waals surface area contributed by atoms with Gasteiger partial charge in [-0.2, -0.15) is 0 Å². The van der Waals surface area contributed by atoms with Gasteiger partial charge < -0.3 is 14.2 Å². The van der Waals surface area contributed by atoms with Crippen LogP contribution in [-0.4, -0.2) is 37.2 Å². The molecule has 6 heteroatoms. The van der Waals surface area contributed by atoms with Crippen molar-refractivity contribution in [3.63, 3.8) is 0 Å². The van der Waals surface area contributed by atoms with Crippen LogP contribution in [0.1, 0.15) is 271 Å². The summed E-state index contributed by atoms with van der Waals surface area (Å²) in [6.07, 6.45) is 73.0. The van der Waals surface area contributed by atoms with Crippen molar-refractivity contribution in [3.05, 3.63) is 85.1 Å². The Labute approximate surface area is 420 Å². The second kappa shape index (κ2) is 56.2. The number of esters is 3. The quantitative estimate of drug-likeness (QED) is 0.0262. The largest absolute Gasteiger partial charge is 0.462 e. The lowest BCUT2D eigenvalue weighted by atomic mass is 10.1. The minimum absolute atomic E-state index is 0.104. The third-order valence-corrected chi connectivity index (χ3v) is 12.1.